The number of methoxy groups -OCH3 is 1. The van der Waals surface area contributed by atoms with Crippen molar-refractivity contribution in [1.82, 2.24) is 4.98 Å². The highest BCUT2D eigenvalue weighted by Crippen LogP contribution is 2.24. The van der Waals surface area contributed by atoms with Crippen LogP contribution in [0.25, 0.3) is 0 Å². The lowest BCUT2D eigenvalue weighted by Gasteiger charge is -2.00. The van der Waals surface area contributed by atoms with Crippen molar-refractivity contribution in [1.29, 1.82) is 0 Å². The van der Waals surface area contributed by atoms with Crippen LogP contribution in [0, 0.1) is 6.92 Å². The van der Waals surface area contributed by atoms with Gasteiger partial charge in [-0.15, -0.1) is 22.7 Å². The Balaban J connectivity index is 1.91. The Hall–Kier alpha value is -0.920. The van der Waals surface area contributed by atoms with Gasteiger partial charge in [-0.25, -0.2) is 9.78 Å². The van der Waals surface area contributed by atoms with Crippen molar-refractivity contribution in [3.63, 3.8) is 0 Å². The van der Waals surface area contributed by atoms with Crippen molar-refractivity contribution in [2.45, 2.75) is 13.3 Å². The van der Waals surface area contributed by atoms with Gasteiger partial charge < -0.3 is 10.1 Å². The normalized spacial score (nSPS) is 10.5. The summed E-state index contributed by atoms with van der Waals surface area (Å²) in [6, 6.07) is 4.15. The van der Waals surface area contributed by atoms with Crippen molar-refractivity contribution in [3.05, 3.63) is 31.4 Å². The van der Waals surface area contributed by atoms with E-state index in [1.807, 2.05) is 13.0 Å². The number of nitrogens with one attached hydrogen (secondary N) is 1. The molecule has 0 bridgehead atoms. The Bertz CT molecular complexity index is 580. The first-order chi connectivity index (χ1) is 9.10. The van der Waals surface area contributed by atoms with E-state index < -0.39 is 0 Å². The van der Waals surface area contributed by atoms with Gasteiger partial charge in [0.15, 0.2) is 10.8 Å². The van der Waals surface area contributed by atoms with Crippen LogP contribution >= 0.6 is 38.6 Å². The first kappa shape index (κ1) is 14.5. The lowest BCUT2D eigenvalue weighted by atomic mass is 10.3. The average molecular weight is 361 g/mol. The maximum Gasteiger partial charge on any atom is 0.357 e. The molecule has 0 unspecified atom stereocenters. The SMILES string of the molecule is COC(=O)c1nc(NCCc2ccc(Br)s2)sc1C. The molecule has 0 aromatic carbocycles. The molecule has 102 valence electrons. The molecule has 0 atom stereocenters. The number of thiazole rings is 1. The summed E-state index contributed by atoms with van der Waals surface area (Å²) < 4.78 is 5.82. The highest BCUT2D eigenvalue weighted by atomic mass is 79.9. The van der Waals surface area contributed by atoms with Crippen molar-refractivity contribution >= 4 is 49.7 Å². The van der Waals surface area contributed by atoms with Gasteiger partial charge in [0.2, 0.25) is 0 Å². The number of nitrogens with zero attached hydrogens (tertiary/aromatic N) is 1. The third-order valence-corrected chi connectivity index (χ3v) is 5.06. The summed E-state index contributed by atoms with van der Waals surface area (Å²) in [5.41, 5.74) is 0.397. The molecule has 19 heavy (non-hydrogen) atoms. The van der Waals surface area contributed by atoms with E-state index in [4.69, 9.17) is 0 Å². The van der Waals surface area contributed by atoms with Crippen LogP contribution in [-0.2, 0) is 11.2 Å². The first-order valence-corrected chi connectivity index (χ1v) is 8.06. The van der Waals surface area contributed by atoms with E-state index in [9.17, 15) is 4.79 Å². The lowest BCUT2D eigenvalue weighted by molar-refractivity contribution is 0.0594. The van der Waals surface area contributed by atoms with Gasteiger partial charge in [0, 0.05) is 16.3 Å². The molecule has 0 amide bonds. The van der Waals surface area contributed by atoms with Gasteiger partial charge in [0.25, 0.3) is 0 Å². The number of aromatic nitrogens is 1. The molecule has 0 fully saturated rings. The van der Waals surface area contributed by atoms with Gasteiger partial charge in [0.1, 0.15) is 0 Å². The number of ether oxygens (including phenoxy) is 1. The smallest absolute Gasteiger partial charge is 0.357 e. The fraction of sp³-hybridized carbons (Fsp3) is 0.333. The van der Waals surface area contributed by atoms with Crippen LogP contribution in [0.15, 0.2) is 15.9 Å². The van der Waals surface area contributed by atoms with Crippen LogP contribution in [0.4, 0.5) is 5.13 Å². The predicted molar refractivity (Wildman–Crippen MR) is 82.4 cm³/mol. The second-order valence-corrected chi connectivity index (χ2v) is 7.55. The molecule has 0 aliphatic carbocycles. The fourth-order valence-electron chi connectivity index (χ4n) is 1.54. The van der Waals surface area contributed by atoms with Crippen molar-refractivity contribution in [3.8, 4) is 0 Å². The molecular weight excluding hydrogens is 348 g/mol. The van der Waals surface area contributed by atoms with Crippen molar-refractivity contribution < 1.29 is 9.53 Å². The Morgan fingerprint density at radius 1 is 1.47 bits per heavy atom. The van der Waals surface area contributed by atoms with Crippen molar-refractivity contribution in [2.75, 3.05) is 19.0 Å². The average Bonchev–Trinajstić information content (AvgIpc) is 2.95. The molecule has 0 aliphatic rings. The summed E-state index contributed by atoms with van der Waals surface area (Å²) in [6.07, 6.45) is 0.933. The molecule has 0 aliphatic heterocycles. The summed E-state index contributed by atoms with van der Waals surface area (Å²) >= 11 is 6.64. The van der Waals surface area contributed by atoms with Gasteiger partial charge in [0.05, 0.1) is 10.9 Å². The topological polar surface area (TPSA) is 51.2 Å². The second kappa shape index (κ2) is 6.49. The van der Waals surface area contributed by atoms with E-state index in [-0.39, 0.29) is 5.97 Å². The van der Waals surface area contributed by atoms with Gasteiger partial charge in [-0.3, -0.25) is 0 Å². The van der Waals surface area contributed by atoms with Gasteiger partial charge in [-0.1, -0.05) is 0 Å². The molecule has 1 N–H and O–H groups in total. The molecular formula is C12H13BrN2O2S2. The third-order valence-electron chi connectivity index (χ3n) is 2.45. The molecule has 2 aromatic rings. The molecule has 0 saturated heterocycles. The summed E-state index contributed by atoms with van der Waals surface area (Å²) in [5, 5.41) is 3.99. The maximum atomic E-state index is 11.4. The lowest BCUT2D eigenvalue weighted by Crippen LogP contribution is -2.06. The molecule has 2 heterocycles. The van der Waals surface area contributed by atoms with Crippen LogP contribution < -0.4 is 5.32 Å². The summed E-state index contributed by atoms with van der Waals surface area (Å²) in [6.45, 7) is 2.66. The number of aryl methyl sites for hydroxylation is 1. The first-order valence-electron chi connectivity index (χ1n) is 5.64. The Labute approximate surface area is 128 Å². The van der Waals surface area contributed by atoms with Crippen LogP contribution in [0.2, 0.25) is 0 Å². The van der Waals surface area contributed by atoms with Gasteiger partial charge in [-0.2, -0.15) is 0 Å². The zero-order valence-electron chi connectivity index (χ0n) is 10.5. The van der Waals surface area contributed by atoms with Crippen molar-refractivity contribution in [2.24, 2.45) is 0 Å². The fourth-order valence-corrected chi connectivity index (χ4v) is 3.85. The molecule has 0 radical (unpaired) electrons. The highest BCUT2D eigenvalue weighted by Gasteiger charge is 2.15. The summed E-state index contributed by atoms with van der Waals surface area (Å²) in [5.74, 6) is -0.385. The van der Waals surface area contributed by atoms with Gasteiger partial charge in [-0.05, 0) is 41.4 Å². The predicted octanol–water partition coefficient (Wildman–Crippen LogP) is 3.72. The zero-order valence-corrected chi connectivity index (χ0v) is 13.7. The molecule has 2 aromatic heterocycles. The minimum atomic E-state index is -0.385. The number of rotatable bonds is 5. The number of thiophene rings is 1. The van der Waals surface area contributed by atoms with E-state index in [0.717, 1.165) is 26.8 Å². The van der Waals surface area contributed by atoms with E-state index in [0.29, 0.717) is 5.69 Å². The van der Waals surface area contributed by atoms with Crippen LogP contribution in [0.5, 0.6) is 0 Å². The standard InChI is InChI=1S/C12H13BrN2O2S2/c1-7-10(11(16)17-2)15-12(18-7)14-6-5-8-3-4-9(13)19-8/h3-4H,5-6H2,1-2H3,(H,14,15). The number of anilines is 1. The maximum absolute atomic E-state index is 11.4. The monoisotopic (exact) mass is 360 g/mol. The van der Waals surface area contributed by atoms with E-state index in [2.05, 4.69) is 37.0 Å². The van der Waals surface area contributed by atoms with Crippen LogP contribution in [-0.4, -0.2) is 24.6 Å². The number of halogens is 1. The Kier molecular flexibility index (Phi) is 4.95. The molecule has 4 nitrogen and oxygen atoms in total. The summed E-state index contributed by atoms with van der Waals surface area (Å²) in [4.78, 5) is 17.9. The zero-order chi connectivity index (χ0) is 13.8. The number of esters is 1. The Morgan fingerprint density at radius 3 is 2.89 bits per heavy atom. The van der Waals surface area contributed by atoms with E-state index >= 15 is 0 Å². The quantitative estimate of drug-likeness (QED) is 0.825. The van der Waals surface area contributed by atoms with E-state index in [1.54, 1.807) is 11.3 Å². The Morgan fingerprint density at radius 2 is 2.26 bits per heavy atom. The molecule has 2 rings (SSSR count). The van der Waals surface area contributed by atoms with E-state index in [1.165, 1.54) is 23.3 Å². The minimum absolute atomic E-state index is 0.385. The number of carbonyl (C=O) groups excluding carboxylic acids is 1. The van der Waals surface area contributed by atoms with Crippen LogP contribution in [0.1, 0.15) is 20.2 Å². The molecule has 0 saturated carbocycles. The minimum Gasteiger partial charge on any atom is -0.464 e. The largest absolute Gasteiger partial charge is 0.464 e. The molecule has 7 heteroatoms. The highest BCUT2D eigenvalue weighted by molar-refractivity contribution is 9.11. The third kappa shape index (κ3) is 3.77. The number of carbonyl (C=O) groups is 1. The second-order valence-electron chi connectivity index (χ2n) is 3.80. The number of hydrogen-bond acceptors (Lipinski definition) is 6. The number of hydrogen-bond donors (Lipinski definition) is 1. The molecule has 0 spiro atoms. The summed E-state index contributed by atoms with van der Waals surface area (Å²) in [7, 11) is 1.36. The van der Waals surface area contributed by atoms with Crippen LogP contribution in [0.3, 0.4) is 0 Å². The van der Waals surface area contributed by atoms with Gasteiger partial charge >= 0.3 is 5.97 Å².